The summed E-state index contributed by atoms with van der Waals surface area (Å²) in [6, 6.07) is 0. The van der Waals surface area contributed by atoms with Crippen LogP contribution in [0.1, 0.15) is 27.7 Å². The van der Waals surface area contributed by atoms with Crippen molar-refractivity contribution in [2.24, 2.45) is 0 Å². The molecule has 1 fully saturated rings. The van der Waals surface area contributed by atoms with Crippen molar-refractivity contribution < 1.29 is 14.3 Å². The van der Waals surface area contributed by atoms with Crippen LogP contribution >= 0.6 is 0 Å². The first kappa shape index (κ1) is 13.3. The zero-order valence-electron chi connectivity index (χ0n) is 10.5. The summed E-state index contributed by atoms with van der Waals surface area (Å²) in [5, 5.41) is 5.94. The third-order valence-corrected chi connectivity index (χ3v) is 2.10. The second-order valence-corrected chi connectivity index (χ2v) is 5.11. The minimum Gasteiger partial charge on any atom is -0.444 e. The lowest BCUT2D eigenvalue weighted by Crippen LogP contribution is -2.49. The predicted octanol–water partition coefficient (Wildman–Crippen LogP) is 0.888. The van der Waals surface area contributed by atoms with Crippen LogP contribution in [0, 0.1) is 0 Å². The van der Waals surface area contributed by atoms with Gasteiger partial charge < -0.3 is 20.1 Å². The van der Waals surface area contributed by atoms with Gasteiger partial charge in [0.1, 0.15) is 5.60 Å². The Morgan fingerprint density at radius 3 is 2.75 bits per heavy atom. The number of amides is 1. The largest absolute Gasteiger partial charge is 0.444 e. The number of nitrogens with one attached hydrogen (secondary N) is 2. The van der Waals surface area contributed by atoms with Crippen molar-refractivity contribution in [1.82, 2.24) is 10.6 Å². The summed E-state index contributed by atoms with van der Waals surface area (Å²) in [4.78, 5) is 11.4. The molecule has 0 radical (unpaired) electrons. The van der Waals surface area contributed by atoms with Gasteiger partial charge in [-0.2, -0.15) is 0 Å². The maximum atomic E-state index is 11.4. The normalized spacial score (nSPS) is 26.2. The number of hydrogen-bond acceptors (Lipinski definition) is 4. The molecule has 0 saturated carbocycles. The topological polar surface area (TPSA) is 59.6 Å². The molecule has 2 atom stereocenters. The molecule has 1 amide bonds. The summed E-state index contributed by atoms with van der Waals surface area (Å²) in [6.45, 7) is 9.63. The van der Waals surface area contributed by atoms with Crippen LogP contribution in [0.2, 0.25) is 0 Å². The van der Waals surface area contributed by atoms with Gasteiger partial charge in [-0.3, -0.25) is 0 Å². The molecule has 0 bridgehead atoms. The molecule has 1 rings (SSSR count). The highest BCUT2D eigenvalue weighted by Crippen LogP contribution is 2.07. The highest BCUT2D eigenvalue weighted by atomic mass is 16.6. The Labute approximate surface area is 96.9 Å². The third kappa shape index (κ3) is 5.32. The number of ether oxygens (including phenoxy) is 2. The van der Waals surface area contributed by atoms with Crippen molar-refractivity contribution in [2.45, 2.75) is 45.5 Å². The van der Waals surface area contributed by atoms with Gasteiger partial charge in [-0.05, 0) is 27.7 Å². The fourth-order valence-corrected chi connectivity index (χ4v) is 1.50. The van der Waals surface area contributed by atoms with E-state index in [1.54, 1.807) is 0 Å². The molecule has 1 saturated heterocycles. The van der Waals surface area contributed by atoms with Gasteiger partial charge in [-0.15, -0.1) is 0 Å². The highest BCUT2D eigenvalue weighted by molar-refractivity contribution is 5.67. The third-order valence-electron chi connectivity index (χ3n) is 2.10. The van der Waals surface area contributed by atoms with Crippen molar-refractivity contribution in [3.8, 4) is 0 Å². The van der Waals surface area contributed by atoms with Gasteiger partial charge in [0, 0.05) is 19.6 Å². The molecule has 16 heavy (non-hydrogen) atoms. The average Bonchev–Trinajstić information content (AvgIpc) is 2.12. The Bertz CT molecular complexity index is 238. The fourth-order valence-electron chi connectivity index (χ4n) is 1.50. The number of carbonyl (C=O) groups excluding carboxylic acids is 1. The van der Waals surface area contributed by atoms with E-state index in [2.05, 4.69) is 10.6 Å². The van der Waals surface area contributed by atoms with Crippen LogP contribution in [0.3, 0.4) is 0 Å². The maximum Gasteiger partial charge on any atom is 0.407 e. The maximum absolute atomic E-state index is 11.4. The Kier molecular flexibility index (Phi) is 4.56. The molecule has 0 aromatic heterocycles. The van der Waals surface area contributed by atoms with E-state index in [9.17, 15) is 4.79 Å². The van der Waals surface area contributed by atoms with Crippen molar-refractivity contribution in [3.05, 3.63) is 0 Å². The van der Waals surface area contributed by atoms with E-state index in [1.165, 1.54) is 0 Å². The lowest BCUT2D eigenvalue weighted by atomic mass is 10.2. The van der Waals surface area contributed by atoms with Crippen LogP contribution in [-0.2, 0) is 9.47 Å². The molecule has 1 aliphatic rings. The fraction of sp³-hybridized carbons (Fsp3) is 0.909. The molecular formula is C11H22N2O3. The number of rotatable bonds is 2. The molecule has 0 spiro atoms. The zero-order valence-corrected chi connectivity index (χ0v) is 10.5. The van der Waals surface area contributed by atoms with E-state index >= 15 is 0 Å². The van der Waals surface area contributed by atoms with Gasteiger partial charge in [-0.1, -0.05) is 0 Å². The van der Waals surface area contributed by atoms with E-state index in [-0.39, 0.29) is 12.2 Å². The second kappa shape index (κ2) is 5.50. The molecule has 0 aromatic rings. The van der Waals surface area contributed by atoms with Gasteiger partial charge in [0.2, 0.25) is 0 Å². The molecule has 0 aliphatic carbocycles. The average molecular weight is 230 g/mol. The summed E-state index contributed by atoms with van der Waals surface area (Å²) in [5.74, 6) is 0. The van der Waals surface area contributed by atoms with Gasteiger partial charge in [0.25, 0.3) is 0 Å². The molecule has 5 nitrogen and oxygen atoms in total. The molecular weight excluding hydrogens is 208 g/mol. The number of alkyl carbamates (subject to hydrolysis) is 1. The first-order valence-electron chi connectivity index (χ1n) is 5.70. The number of hydrogen-bond donors (Lipinski definition) is 2. The monoisotopic (exact) mass is 230 g/mol. The summed E-state index contributed by atoms with van der Waals surface area (Å²) >= 11 is 0. The summed E-state index contributed by atoms with van der Waals surface area (Å²) in [7, 11) is 0. The second-order valence-electron chi connectivity index (χ2n) is 5.11. The zero-order chi connectivity index (χ0) is 12.2. The van der Waals surface area contributed by atoms with E-state index in [0.29, 0.717) is 6.54 Å². The Balaban J connectivity index is 2.21. The van der Waals surface area contributed by atoms with Crippen molar-refractivity contribution >= 4 is 6.09 Å². The minimum atomic E-state index is -0.455. The quantitative estimate of drug-likeness (QED) is 0.739. The Morgan fingerprint density at radius 1 is 1.50 bits per heavy atom. The van der Waals surface area contributed by atoms with E-state index in [4.69, 9.17) is 9.47 Å². The standard InChI is InChI=1S/C11H22N2O3/c1-8-5-12-6-9(15-8)7-13-10(14)16-11(2,3)4/h8-9,12H,5-7H2,1-4H3,(H,13,14)/t8?,9-/m1/s1. The van der Waals surface area contributed by atoms with Gasteiger partial charge in [0.15, 0.2) is 0 Å². The molecule has 1 aliphatic heterocycles. The minimum absolute atomic E-state index is 0.0243. The van der Waals surface area contributed by atoms with Crippen molar-refractivity contribution in [1.29, 1.82) is 0 Å². The molecule has 1 heterocycles. The number of carbonyl (C=O) groups is 1. The van der Waals surface area contributed by atoms with Crippen molar-refractivity contribution in [3.63, 3.8) is 0 Å². The van der Waals surface area contributed by atoms with E-state index < -0.39 is 11.7 Å². The first-order valence-corrected chi connectivity index (χ1v) is 5.70. The van der Waals surface area contributed by atoms with E-state index in [1.807, 2.05) is 27.7 Å². The predicted molar refractivity (Wildman–Crippen MR) is 61.4 cm³/mol. The van der Waals surface area contributed by atoms with E-state index in [0.717, 1.165) is 13.1 Å². The lowest BCUT2D eigenvalue weighted by Gasteiger charge is -2.29. The van der Waals surface area contributed by atoms with Gasteiger partial charge >= 0.3 is 6.09 Å². The first-order chi connectivity index (χ1) is 7.37. The molecule has 2 N–H and O–H groups in total. The lowest BCUT2D eigenvalue weighted by molar-refractivity contribution is -0.0273. The summed E-state index contributed by atoms with van der Waals surface area (Å²) in [6.07, 6.45) is -0.176. The number of morpholine rings is 1. The smallest absolute Gasteiger partial charge is 0.407 e. The van der Waals surface area contributed by atoms with Crippen LogP contribution in [0.25, 0.3) is 0 Å². The van der Waals surface area contributed by atoms with Crippen LogP contribution in [-0.4, -0.2) is 43.5 Å². The Hall–Kier alpha value is -0.810. The van der Waals surface area contributed by atoms with Gasteiger partial charge in [0.05, 0.1) is 12.2 Å². The highest BCUT2D eigenvalue weighted by Gasteiger charge is 2.21. The van der Waals surface area contributed by atoms with Crippen LogP contribution < -0.4 is 10.6 Å². The molecule has 0 aromatic carbocycles. The van der Waals surface area contributed by atoms with Crippen LogP contribution in [0.15, 0.2) is 0 Å². The molecule has 5 heteroatoms. The Morgan fingerprint density at radius 2 is 2.19 bits per heavy atom. The van der Waals surface area contributed by atoms with Crippen molar-refractivity contribution in [2.75, 3.05) is 19.6 Å². The summed E-state index contributed by atoms with van der Waals surface area (Å²) < 4.78 is 10.8. The van der Waals surface area contributed by atoms with Crippen LogP contribution in [0.4, 0.5) is 4.79 Å². The molecule has 1 unspecified atom stereocenters. The SMILES string of the molecule is CC1CNC[C@H](CNC(=O)OC(C)(C)C)O1. The van der Waals surface area contributed by atoms with Gasteiger partial charge in [-0.25, -0.2) is 4.79 Å². The summed E-state index contributed by atoms with van der Waals surface area (Å²) in [5.41, 5.74) is -0.455. The molecule has 94 valence electrons. The van der Waals surface area contributed by atoms with Crippen LogP contribution in [0.5, 0.6) is 0 Å².